The molecule has 0 saturated heterocycles. The van der Waals surface area contributed by atoms with Crippen LogP contribution in [0.5, 0.6) is 0 Å². The van der Waals surface area contributed by atoms with E-state index in [0.29, 0.717) is 0 Å². The highest BCUT2D eigenvalue weighted by molar-refractivity contribution is 5.91. The van der Waals surface area contributed by atoms with Gasteiger partial charge in [0.15, 0.2) is 5.69 Å². The lowest BCUT2D eigenvalue weighted by atomic mass is 10.2. The number of aromatic nitrogens is 1. The van der Waals surface area contributed by atoms with Crippen molar-refractivity contribution in [2.24, 2.45) is 0 Å². The van der Waals surface area contributed by atoms with Crippen molar-refractivity contribution in [3.63, 3.8) is 0 Å². The molecule has 0 atom stereocenters. The van der Waals surface area contributed by atoms with E-state index in [4.69, 9.17) is 10.8 Å². The van der Waals surface area contributed by atoms with Gasteiger partial charge in [-0.3, -0.25) is 0 Å². The molecule has 0 spiro atoms. The van der Waals surface area contributed by atoms with Gasteiger partial charge < -0.3 is 10.8 Å². The molecule has 0 saturated carbocycles. The van der Waals surface area contributed by atoms with Gasteiger partial charge in [-0.05, 0) is 6.92 Å². The van der Waals surface area contributed by atoms with E-state index in [1.165, 1.54) is 6.92 Å². The molecule has 1 heterocycles. The van der Waals surface area contributed by atoms with Crippen molar-refractivity contribution >= 4 is 11.7 Å². The molecule has 0 aliphatic carbocycles. The number of halogens is 1. The topological polar surface area (TPSA) is 76.2 Å². The molecule has 0 aliphatic rings. The normalized spacial score (nSPS) is 9.83. The Hall–Kier alpha value is -1.65. The summed E-state index contributed by atoms with van der Waals surface area (Å²) in [7, 11) is 0. The van der Waals surface area contributed by atoms with Crippen molar-refractivity contribution in [1.82, 2.24) is 4.98 Å². The number of nitrogens with zero attached hydrogens (tertiary/aromatic N) is 1. The van der Waals surface area contributed by atoms with E-state index in [2.05, 4.69) is 4.98 Å². The Balaban J connectivity index is 3.36. The first kappa shape index (κ1) is 8.45. The summed E-state index contributed by atoms with van der Waals surface area (Å²) in [4.78, 5) is 13.8. The summed E-state index contributed by atoms with van der Waals surface area (Å²) in [5, 5.41) is 8.52. The minimum Gasteiger partial charge on any atom is -0.476 e. The van der Waals surface area contributed by atoms with Crippen LogP contribution in [0.4, 0.5) is 10.1 Å². The summed E-state index contributed by atoms with van der Waals surface area (Å²) in [6.45, 7) is 1.40. The van der Waals surface area contributed by atoms with Crippen molar-refractivity contribution in [2.45, 2.75) is 6.92 Å². The van der Waals surface area contributed by atoms with E-state index in [9.17, 15) is 9.18 Å². The van der Waals surface area contributed by atoms with Gasteiger partial charge >= 0.3 is 5.97 Å². The number of nitrogens with two attached hydrogens (primary N) is 1. The lowest BCUT2D eigenvalue weighted by molar-refractivity contribution is 0.0691. The number of pyridine rings is 1. The number of anilines is 1. The lowest BCUT2D eigenvalue weighted by Gasteiger charge is -2.03. The number of hydrogen-bond donors (Lipinski definition) is 2. The van der Waals surface area contributed by atoms with Crippen molar-refractivity contribution in [2.75, 3.05) is 5.73 Å². The summed E-state index contributed by atoms with van der Waals surface area (Å²) in [6.07, 6.45) is 0.842. The van der Waals surface area contributed by atoms with Gasteiger partial charge in [0.1, 0.15) is 5.82 Å². The summed E-state index contributed by atoms with van der Waals surface area (Å²) >= 11 is 0. The molecule has 12 heavy (non-hydrogen) atoms. The molecule has 0 aliphatic heterocycles. The molecule has 64 valence electrons. The fraction of sp³-hybridized carbons (Fsp3) is 0.143. The van der Waals surface area contributed by atoms with Crippen LogP contribution in [0.3, 0.4) is 0 Å². The van der Waals surface area contributed by atoms with Crippen LogP contribution in [0.15, 0.2) is 6.20 Å². The Morgan fingerprint density at radius 1 is 1.75 bits per heavy atom. The van der Waals surface area contributed by atoms with Crippen LogP contribution in [-0.2, 0) is 0 Å². The average molecular weight is 170 g/mol. The van der Waals surface area contributed by atoms with Crippen LogP contribution in [0.25, 0.3) is 0 Å². The summed E-state index contributed by atoms with van der Waals surface area (Å²) in [6, 6.07) is 0. The smallest absolute Gasteiger partial charge is 0.356 e. The number of rotatable bonds is 1. The first-order valence-corrected chi connectivity index (χ1v) is 3.18. The average Bonchev–Trinajstić information content (AvgIpc) is 2.00. The van der Waals surface area contributed by atoms with Crippen LogP contribution in [-0.4, -0.2) is 16.1 Å². The minimum absolute atomic E-state index is 0.113. The Kier molecular flexibility index (Phi) is 1.95. The third-order valence-electron chi connectivity index (χ3n) is 1.53. The molecular formula is C7H7FN2O2. The summed E-state index contributed by atoms with van der Waals surface area (Å²) in [5.41, 5.74) is 4.98. The minimum atomic E-state index is -1.25. The monoisotopic (exact) mass is 170 g/mol. The highest BCUT2D eigenvalue weighted by atomic mass is 19.1. The van der Waals surface area contributed by atoms with Crippen LogP contribution >= 0.6 is 0 Å². The summed E-state index contributed by atoms with van der Waals surface area (Å²) in [5.74, 6) is -1.85. The van der Waals surface area contributed by atoms with Gasteiger partial charge in [-0.2, -0.15) is 0 Å². The second kappa shape index (κ2) is 2.77. The van der Waals surface area contributed by atoms with Crippen LogP contribution < -0.4 is 5.73 Å². The molecule has 0 amide bonds. The van der Waals surface area contributed by atoms with Gasteiger partial charge in [-0.15, -0.1) is 0 Å². The van der Waals surface area contributed by atoms with Crippen molar-refractivity contribution < 1.29 is 14.3 Å². The predicted molar refractivity (Wildman–Crippen MR) is 40.3 cm³/mol. The fourth-order valence-electron chi connectivity index (χ4n) is 0.764. The number of nitrogen functional groups attached to an aromatic ring is 1. The maximum atomic E-state index is 12.7. The molecule has 3 N–H and O–H groups in total. The Morgan fingerprint density at radius 3 is 2.83 bits per heavy atom. The van der Waals surface area contributed by atoms with Gasteiger partial charge in [0, 0.05) is 5.56 Å². The molecule has 0 aromatic carbocycles. The van der Waals surface area contributed by atoms with Crippen LogP contribution in [0.2, 0.25) is 0 Å². The number of aromatic carboxylic acids is 1. The van der Waals surface area contributed by atoms with E-state index in [1.807, 2.05) is 0 Å². The molecular weight excluding hydrogens is 163 g/mol. The molecule has 0 unspecified atom stereocenters. The Morgan fingerprint density at radius 2 is 2.33 bits per heavy atom. The van der Waals surface area contributed by atoms with Gasteiger partial charge in [0.25, 0.3) is 0 Å². The lowest BCUT2D eigenvalue weighted by Crippen LogP contribution is -2.08. The largest absolute Gasteiger partial charge is 0.476 e. The molecule has 0 bridgehead atoms. The maximum absolute atomic E-state index is 12.7. The highest BCUT2D eigenvalue weighted by Gasteiger charge is 2.13. The number of carboxylic acids is 1. The Labute approximate surface area is 67.8 Å². The molecule has 1 aromatic heterocycles. The molecule has 1 aromatic rings. The quantitative estimate of drug-likeness (QED) is 0.653. The molecule has 0 fully saturated rings. The van der Waals surface area contributed by atoms with E-state index in [-0.39, 0.29) is 16.9 Å². The van der Waals surface area contributed by atoms with E-state index < -0.39 is 11.8 Å². The third-order valence-corrected chi connectivity index (χ3v) is 1.53. The second-order valence-electron chi connectivity index (χ2n) is 2.30. The first-order chi connectivity index (χ1) is 5.54. The van der Waals surface area contributed by atoms with Crippen molar-refractivity contribution in [3.05, 3.63) is 23.3 Å². The highest BCUT2D eigenvalue weighted by Crippen LogP contribution is 2.16. The number of hydrogen-bond acceptors (Lipinski definition) is 3. The van der Waals surface area contributed by atoms with Gasteiger partial charge in [0.05, 0.1) is 11.9 Å². The molecule has 5 heteroatoms. The predicted octanol–water partition coefficient (Wildman–Crippen LogP) is 0.810. The van der Waals surface area contributed by atoms with Gasteiger partial charge in [-0.1, -0.05) is 0 Å². The van der Waals surface area contributed by atoms with Gasteiger partial charge in [0.2, 0.25) is 0 Å². The van der Waals surface area contributed by atoms with Crippen LogP contribution in [0, 0.1) is 12.7 Å². The molecule has 1 rings (SSSR count). The zero-order valence-corrected chi connectivity index (χ0v) is 6.34. The standard InChI is InChI=1S/C7H7FN2O2/c1-3-4(8)2-10-6(5(3)9)7(11)12/h2H,9H2,1H3,(H,11,12). The van der Waals surface area contributed by atoms with E-state index >= 15 is 0 Å². The van der Waals surface area contributed by atoms with E-state index in [1.54, 1.807) is 0 Å². The maximum Gasteiger partial charge on any atom is 0.356 e. The molecule has 4 nitrogen and oxygen atoms in total. The second-order valence-corrected chi connectivity index (χ2v) is 2.30. The SMILES string of the molecule is Cc1c(F)cnc(C(=O)O)c1N. The number of carbonyl (C=O) groups is 1. The van der Waals surface area contributed by atoms with Crippen molar-refractivity contribution in [1.29, 1.82) is 0 Å². The zero-order chi connectivity index (χ0) is 9.30. The fourth-order valence-corrected chi connectivity index (χ4v) is 0.764. The first-order valence-electron chi connectivity index (χ1n) is 3.18. The summed E-state index contributed by atoms with van der Waals surface area (Å²) < 4.78 is 12.7. The Bertz CT molecular complexity index is 338. The third kappa shape index (κ3) is 1.20. The number of carboxylic acid groups (broad SMARTS) is 1. The van der Waals surface area contributed by atoms with Crippen LogP contribution in [0.1, 0.15) is 16.1 Å². The van der Waals surface area contributed by atoms with Gasteiger partial charge in [-0.25, -0.2) is 14.2 Å². The molecule has 0 radical (unpaired) electrons. The van der Waals surface area contributed by atoms with Crippen molar-refractivity contribution in [3.8, 4) is 0 Å². The zero-order valence-electron chi connectivity index (χ0n) is 6.34. The van der Waals surface area contributed by atoms with E-state index in [0.717, 1.165) is 6.20 Å².